The van der Waals surface area contributed by atoms with Crippen LogP contribution in [-0.4, -0.2) is 37.0 Å². The maximum absolute atomic E-state index is 12.4. The Morgan fingerprint density at radius 1 is 1.08 bits per heavy atom. The highest BCUT2D eigenvalue weighted by molar-refractivity contribution is 6.42. The maximum atomic E-state index is 12.4. The summed E-state index contributed by atoms with van der Waals surface area (Å²) in [6.07, 6.45) is 0.213. The van der Waals surface area contributed by atoms with E-state index < -0.39 is 0 Å². The van der Waals surface area contributed by atoms with Crippen molar-refractivity contribution in [2.45, 2.75) is 20.3 Å². The molecule has 0 atom stereocenters. The molecule has 0 bridgehead atoms. The van der Waals surface area contributed by atoms with Gasteiger partial charge in [-0.15, -0.1) is 0 Å². The third-order valence-electron chi connectivity index (χ3n) is 4.07. The smallest absolute Gasteiger partial charge is 0.228 e. The molecule has 0 saturated carbocycles. The number of carbonyl (C=O) groups is 1. The minimum absolute atomic E-state index is 0.136. The molecule has 2 rings (SSSR count). The highest BCUT2D eigenvalue weighted by atomic mass is 35.5. The molecular formula is C20H24Cl2N2O2. The molecule has 0 heterocycles. The van der Waals surface area contributed by atoms with E-state index in [1.54, 1.807) is 18.2 Å². The quantitative estimate of drug-likeness (QED) is 0.657. The molecule has 2 aromatic rings. The average Bonchev–Trinajstić information content (AvgIpc) is 2.63. The van der Waals surface area contributed by atoms with E-state index in [2.05, 4.69) is 24.1 Å². The maximum Gasteiger partial charge on any atom is 0.228 e. The Balaban J connectivity index is 1.95. The lowest BCUT2D eigenvalue weighted by molar-refractivity contribution is -0.115. The van der Waals surface area contributed by atoms with Crippen LogP contribution in [0.15, 0.2) is 42.5 Å². The van der Waals surface area contributed by atoms with Crippen LogP contribution >= 0.6 is 23.2 Å². The van der Waals surface area contributed by atoms with Crippen molar-refractivity contribution in [3.63, 3.8) is 0 Å². The number of likely N-dealkylation sites (N-methyl/N-ethyl adjacent to an activating group) is 1. The highest BCUT2D eigenvalue weighted by Gasteiger charge is 2.10. The van der Waals surface area contributed by atoms with Gasteiger partial charge in [0.25, 0.3) is 0 Å². The zero-order valence-corrected chi connectivity index (χ0v) is 16.6. The number of hydrogen-bond acceptors (Lipinski definition) is 3. The molecule has 0 saturated heterocycles. The number of carbonyl (C=O) groups excluding carboxylic acids is 1. The second-order valence-electron chi connectivity index (χ2n) is 5.84. The summed E-state index contributed by atoms with van der Waals surface area (Å²) in [5, 5.41) is 3.82. The summed E-state index contributed by atoms with van der Waals surface area (Å²) in [4.78, 5) is 14.6. The first-order valence-corrected chi connectivity index (χ1v) is 9.47. The van der Waals surface area contributed by atoms with Gasteiger partial charge in [0.15, 0.2) is 0 Å². The van der Waals surface area contributed by atoms with Crippen LogP contribution in [0, 0.1) is 0 Å². The molecule has 1 amide bonds. The van der Waals surface area contributed by atoms with E-state index in [0.29, 0.717) is 28.1 Å². The normalized spacial score (nSPS) is 10.8. The van der Waals surface area contributed by atoms with Gasteiger partial charge < -0.3 is 15.0 Å². The molecule has 0 aliphatic rings. The summed E-state index contributed by atoms with van der Waals surface area (Å²) >= 11 is 11.9. The molecule has 26 heavy (non-hydrogen) atoms. The van der Waals surface area contributed by atoms with E-state index in [-0.39, 0.29) is 12.3 Å². The molecule has 0 radical (unpaired) electrons. The van der Waals surface area contributed by atoms with Gasteiger partial charge >= 0.3 is 0 Å². The van der Waals surface area contributed by atoms with Gasteiger partial charge in [0, 0.05) is 6.54 Å². The Hall–Kier alpha value is -1.75. The molecular weight excluding hydrogens is 371 g/mol. The lowest BCUT2D eigenvalue weighted by Crippen LogP contribution is -2.28. The van der Waals surface area contributed by atoms with Crippen molar-refractivity contribution < 1.29 is 9.53 Å². The van der Waals surface area contributed by atoms with Crippen LogP contribution in [0.4, 0.5) is 5.69 Å². The second-order valence-corrected chi connectivity index (χ2v) is 6.66. The molecule has 0 aliphatic heterocycles. The fourth-order valence-electron chi connectivity index (χ4n) is 2.55. The molecule has 2 aromatic carbocycles. The van der Waals surface area contributed by atoms with Crippen LogP contribution in [0.2, 0.25) is 10.0 Å². The van der Waals surface area contributed by atoms with Gasteiger partial charge in [-0.25, -0.2) is 0 Å². The Morgan fingerprint density at radius 3 is 2.50 bits per heavy atom. The Kier molecular flexibility index (Phi) is 8.23. The summed E-state index contributed by atoms with van der Waals surface area (Å²) < 4.78 is 5.86. The standard InChI is InChI=1S/C20H24Cl2N2O2/c1-3-24(4-2)11-12-26-19-8-6-5-7-18(19)23-20(25)14-15-9-10-16(21)17(22)13-15/h5-10,13H,3-4,11-12,14H2,1-2H3,(H,23,25). The van der Waals surface area contributed by atoms with Gasteiger partial charge in [0.2, 0.25) is 5.91 Å². The molecule has 0 aliphatic carbocycles. The van der Waals surface area contributed by atoms with Gasteiger partial charge in [-0.2, -0.15) is 0 Å². The summed E-state index contributed by atoms with van der Waals surface area (Å²) in [5.74, 6) is 0.533. The third-order valence-corrected chi connectivity index (χ3v) is 4.81. The van der Waals surface area contributed by atoms with Crippen LogP contribution in [0.1, 0.15) is 19.4 Å². The van der Waals surface area contributed by atoms with Crippen molar-refractivity contribution in [2.24, 2.45) is 0 Å². The number of halogens is 2. The molecule has 0 unspecified atom stereocenters. The van der Waals surface area contributed by atoms with E-state index in [1.807, 2.05) is 24.3 Å². The Morgan fingerprint density at radius 2 is 1.81 bits per heavy atom. The minimum Gasteiger partial charge on any atom is -0.490 e. The summed E-state index contributed by atoms with van der Waals surface area (Å²) in [7, 11) is 0. The monoisotopic (exact) mass is 394 g/mol. The first-order chi connectivity index (χ1) is 12.5. The summed E-state index contributed by atoms with van der Waals surface area (Å²) in [6, 6.07) is 12.6. The van der Waals surface area contributed by atoms with Gasteiger partial charge in [-0.05, 0) is 42.9 Å². The predicted octanol–water partition coefficient (Wildman–Crippen LogP) is 4.90. The Labute approximate surface area is 165 Å². The number of nitrogens with zero attached hydrogens (tertiary/aromatic N) is 1. The zero-order chi connectivity index (χ0) is 18.9. The first kappa shape index (κ1) is 20.6. The zero-order valence-electron chi connectivity index (χ0n) is 15.1. The van der Waals surface area contributed by atoms with E-state index in [0.717, 1.165) is 25.2 Å². The first-order valence-electron chi connectivity index (χ1n) is 8.71. The van der Waals surface area contributed by atoms with Crippen molar-refractivity contribution >= 4 is 34.8 Å². The van der Waals surface area contributed by atoms with Gasteiger partial charge in [0.05, 0.1) is 22.2 Å². The van der Waals surface area contributed by atoms with Crippen LogP contribution in [0.3, 0.4) is 0 Å². The van der Waals surface area contributed by atoms with Crippen LogP contribution in [0.5, 0.6) is 5.75 Å². The van der Waals surface area contributed by atoms with Crippen LogP contribution < -0.4 is 10.1 Å². The molecule has 6 heteroatoms. The Bertz CT molecular complexity index is 734. The fourth-order valence-corrected chi connectivity index (χ4v) is 2.87. The van der Waals surface area contributed by atoms with Gasteiger partial charge in [-0.3, -0.25) is 4.79 Å². The number of benzene rings is 2. The molecule has 0 fully saturated rings. The fraction of sp³-hybridized carbons (Fsp3) is 0.350. The third kappa shape index (κ3) is 6.20. The van der Waals surface area contributed by atoms with Crippen molar-refractivity contribution in [2.75, 3.05) is 31.6 Å². The number of anilines is 1. The number of para-hydroxylation sites is 2. The molecule has 0 aromatic heterocycles. The highest BCUT2D eigenvalue weighted by Crippen LogP contribution is 2.25. The number of ether oxygens (including phenoxy) is 1. The van der Waals surface area contributed by atoms with E-state index >= 15 is 0 Å². The molecule has 0 spiro atoms. The number of nitrogens with one attached hydrogen (secondary N) is 1. The molecule has 4 nitrogen and oxygen atoms in total. The van der Waals surface area contributed by atoms with Crippen molar-refractivity contribution in [3.8, 4) is 5.75 Å². The van der Waals surface area contributed by atoms with E-state index in [4.69, 9.17) is 27.9 Å². The summed E-state index contributed by atoms with van der Waals surface area (Å²) in [5.41, 5.74) is 1.47. The van der Waals surface area contributed by atoms with Crippen LogP contribution in [-0.2, 0) is 11.2 Å². The topological polar surface area (TPSA) is 41.6 Å². The van der Waals surface area contributed by atoms with E-state index in [9.17, 15) is 4.79 Å². The SMILES string of the molecule is CCN(CC)CCOc1ccccc1NC(=O)Cc1ccc(Cl)c(Cl)c1. The van der Waals surface area contributed by atoms with E-state index in [1.165, 1.54) is 0 Å². The predicted molar refractivity (Wildman–Crippen MR) is 109 cm³/mol. The lowest BCUT2D eigenvalue weighted by atomic mass is 10.1. The molecule has 140 valence electrons. The van der Waals surface area contributed by atoms with Gasteiger partial charge in [0.1, 0.15) is 12.4 Å². The molecule has 1 N–H and O–H groups in total. The van der Waals surface area contributed by atoms with Crippen molar-refractivity contribution in [1.29, 1.82) is 0 Å². The minimum atomic E-state index is -0.136. The number of amides is 1. The second kappa shape index (κ2) is 10.4. The number of hydrogen-bond donors (Lipinski definition) is 1. The lowest BCUT2D eigenvalue weighted by Gasteiger charge is -2.19. The van der Waals surface area contributed by atoms with Crippen molar-refractivity contribution in [1.82, 2.24) is 4.90 Å². The summed E-state index contributed by atoms with van der Waals surface area (Å²) in [6.45, 7) is 7.64. The number of rotatable bonds is 9. The van der Waals surface area contributed by atoms with Gasteiger partial charge in [-0.1, -0.05) is 55.2 Å². The largest absolute Gasteiger partial charge is 0.490 e. The van der Waals surface area contributed by atoms with Crippen molar-refractivity contribution in [3.05, 3.63) is 58.1 Å². The average molecular weight is 395 g/mol. The van der Waals surface area contributed by atoms with Crippen LogP contribution in [0.25, 0.3) is 0 Å².